The number of piperazine rings is 1. The van der Waals surface area contributed by atoms with E-state index in [-0.39, 0.29) is 12.1 Å². The maximum Gasteiger partial charge on any atom is 0.417 e. The first-order chi connectivity index (χ1) is 13.8. The van der Waals surface area contributed by atoms with E-state index in [9.17, 15) is 18.0 Å². The van der Waals surface area contributed by atoms with Gasteiger partial charge in [0.25, 0.3) is 0 Å². The number of nitrogens with zero attached hydrogens (tertiary/aromatic N) is 3. The summed E-state index contributed by atoms with van der Waals surface area (Å²) in [6.07, 6.45) is -1.79. The molecular formula is C21H25F3N4O. The lowest BCUT2D eigenvalue weighted by atomic mass is 10.1. The van der Waals surface area contributed by atoms with Crippen LogP contribution in [0.1, 0.15) is 24.5 Å². The predicted molar refractivity (Wildman–Crippen MR) is 106 cm³/mol. The number of benzene rings is 1. The van der Waals surface area contributed by atoms with E-state index in [1.54, 1.807) is 4.90 Å². The number of carbonyl (C=O) groups is 1. The van der Waals surface area contributed by atoms with Crippen LogP contribution >= 0.6 is 0 Å². The largest absolute Gasteiger partial charge is 0.417 e. The van der Waals surface area contributed by atoms with Crippen molar-refractivity contribution in [1.29, 1.82) is 0 Å². The summed E-state index contributed by atoms with van der Waals surface area (Å²) in [6.45, 7) is 4.05. The van der Waals surface area contributed by atoms with Gasteiger partial charge in [0.1, 0.15) is 5.82 Å². The van der Waals surface area contributed by atoms with Gasteiger partial charge in [-0.05, 0) is 37.5 Å². The van der Waals surface area contributed by atoms with Gasteiger partial charge in [-0.2, -0.15) is 13.2 Å². The number of aryl methyl sites for hydroxylation is 1. The molecule has 2 amide bonds. The van der Waals surface area contributed by atoms with Crippen molar-refractivity contribution in [2.24, 2.45) is 0 Å². The molecule has 1 atom stereocenters. The van der Waals surface area contributed by atoms with Gasteiger partial charge in [-0.15, -0.1) is 0 Å². The van der Waals surface area contributed by atoms with E-state index < -0.39 is 11.7 Å². The Labute approximate surface area is 168 Å². The minimum absolute atomic E-state index is 0.0531. The van der Waals surface area contributed by atoms with Crippen molar-refractivity contribution < 1.29 is 18.0 Å². The molecule has 1 N–H and O–H groups in total. The molecule has 29 heavy (non-hydrogen) atoms. The van der Waals surface area contributed by atoms with E-state index in [1.165, 1.54) is 11.6 Å². The lowest BCUT2D eigenvalue weighted by Crippen LogP contribution is -2.53. The Morgan fingerprint density at radius 2 is 1.79 bits per heavy atom. The Bertz CT molecular complexity index is 788. The fourth-order valence-corrected chi connectivity index (χ4v) is 3.28. The molecule has 156 valence electrons. The molecule has 0 saturated carbocycles. The zero-order chi connectivity index (χ0) is 20.9. The van der Waals surface area contributed by atoms with Crippen LogP contribution < -0.4 is 10.2 Å². The highest BCUT2D eigenvalue weighted by Gasteiger charge is 2.31. The molecule has 0 radical (unpaired) electrons. The fraction of sp³-hybridized carbons (Fsp3) is 0.429. The van der Waals surface area contributed by atoms with E-state index >= 15 is 0 Å². The van der Waals surface area contributed by atoms with Crippen molar-refractivity contribution in [2.45, 2.75) is 32.0 Å². The molecule has 0 aliphatic carbocycles. The van der Waals surface area contributed by atoms with Crippen molar-refractivity contribution in [3.05, 3.63) is 59.8 Å². The summed E-state index contributed by atoms with van der Waals surface area (Å²) in [7, 11) is 0. The van der Waals surface area contributed by atoms with Crippen molar-refractivity contribution in [2.75, 3.05) is 31.1 Å². The van der Waals surface area contributed by atoms with E-state index in [2.05, 4.69) is 22.4 Å². The average Bonchev–Trinajstić information content (AvgIpc) is 2.72. The summed E-state index contributed by atoms with van der Waals surface area (Å²) in [5, 5.41) is 3.03. The molecule has 8 heteroatoms. The number of pyridine rings is 1. The van der Waals surface area contributed by atoms with Crippen LogP contribution in [0, 0.1) is 0 Å². The van der Waals surface area contributed by atoms with Crippen LogP contribution in [0.2, 0.25) is 0 Å². The third-order valence-electron chi connectivity index (χ3n) is 5.04. The highest BCUT2D eigenvalue weighted by Crippen LogP contribution is 2.29. The molecule has 0 spiro atoms. The Morgan fingerprint density at radius 3 is 2.38 bits per heavy atom. The second kappa shape index (κ2) is 9.15. The van der Waals surface area contributed by atoms with Crippen LogP contribution in [0.25, 0.3) is 0 Å². The number of anilines is 1. The SMILES string of the molecule is CC(CCc1ccccc1)NC(=O)N1CCN(c2ccc(C(F)(F)F)cn2)CC1. The van der Waals surface area contributed by atoms with Crippen LogP contribution in [0.15, 0.2) is 48.7 Å². The van der Waals surface area contributed by atoms with Crippen LogP contribution in [0.3, 0.4) is 0 Å². The van der Waals surface area contributed by atoms with E-state index in [0.29, 0.717) is 32.0 Å². The van der Waals surface area contributed by atoms with Gasteiger partial charge in [-0.25, -0.2) is 9.78 Å². The molecule has 3 rings (SSSR count). The number of nitrogens with one attached hydrogen (secondary N) is 1. The first-order valence-corrected chi connectivity index (χ1v) is 9.70. The molecule has 1 aliphatic heterocycles. The molecule has 1 aliphatic rings. The van der Waals surface area contributed by atoms with Crippen molar-refractivity contribution in [3.63, 3.8) is 0 Å². The predicted octanol–water partition coefficient (Wildman–Crippen LogP) is 3.95. The second-order valence-electron chi connectivity index (χ2n) is 7.25. The van der Waals surface area contributed by atoms with Crippen molar-refractivity contribution >= 4 is 11.8 Å². The highest BCUT2D eigenvalue weighted by atomic mass is 19.4. The topological polar surface area (TPSA) is 48.5 Å². The molecule has 1 saturated heterocycles. The number of urea groups is 1. The summed E-state index contributed by atoms with van der Waals surface area (Å²) in [5.41, 5.74) is 0.481. The number of aromatic nitrogens is 1. The molecule has 5 nitrogen and oxygen atoms in total. The van der Waals surface area contributed by atoms with Gasteiger partial charge in [-0.1, -0.05) is 30.3 Å². The second-order valence-corrected chi connectivity index (χ2v) is 7.25. The smallest absolute Gasteiger partial charge is 0.353 e. The van der Waals surface area contributed by atoms with Crippen LogP contribution in [0.4, 0.5) is 23.8 Å². The molecule has 1 aromatic heterocycles. The number of hydrogen-bond donors (Lipinski definition) is 1. The fourth-order valence-electron chi connectivity index (χ4n) is 3.28. The van der Waals surface area contributed by atoms with Gasteiger partial charge in [0, 0.05) is 38.4 Å². The van der Waals surface area contributed by atoms with Gasteiger partial charge >= 0.3 is 12.2 Å². The van der Waals surface area contributed by atoms with Gasteiger partial charge < -0.3 is 15.1 Å². The number of alkyl halides is 3. The molecule has 1 fully saturated rings. The van der Waals surface area contributed by atoms with Crippen LogP contribution in [0.5, 0.6) is 0 Å². The van der Waals surface area contributed by atoms with Gasteiger partial charge in [0.15, 0.2) is 0 Å². The third kappa shape index (κ3) is 5.85. The van der Waals surface area contributed by atoms with E-state index in [0.717, 1.165) is 25.1 Å². The van der Waals surface area contributed by atoms with Crippen molar-refractivity contribution in [1.82, 2.24) is 15.2 Å². The lowest BCUT2D eigenvalue weighted by molar-refractivity contribution is -0.137. The Balaban J connectivity index is 1.44. The standard InChI is InChI=1S/C21H25F3N4O/c1-16(7-8-17-5-3-2-4-6-17)26-20(29)28-13-11-27(12-14-28)19-10-9-18(15-25-19)21(22,23)24/h2-6,9-10,15-16H,7-8,11-14H2,1H3,(H,26,29). The number of rotatable bonds is 5. The molecule has 2 aromatic rings. The third-order valence-corrected chi connectivity index (χ3v) is 5.04. The lowest BCUT2D eigenvalue weighted by Gasteiger charge is -2.36. The summed E-state index contributed by atoms with van der Waals surface area (Å²) >= 11 is 0. The minimum Gasteiger partial charge on any atom is -0.353 e. The Hall–Kier alpha value is -2.77. The van der Waals surface area contributed by atoms with Crippen molar-refractivity contribution in [3.8, 4) is 0 Å². The number of amides is 2. The normalized spacial score (nSPS) is 15.9. The summed E-state index contributed by atoms with van der Waals surface area (Å²) in [4.78, 5) is 20.0. The first-order valence-electron chi connectivity index (χ1n) is 9.70. The van der Waals surface area contributed by atoms with Crippen LogP contribution in [-0.4, -0.2) is 48.1 Å². The zero-order valence-corrected chi connectivity index (χ0v) is 16.3. The Kier molecular flexibility index (Phi) is 6.61. The summed E-state index contributed by atoms with van der Waals surface area (Å²) in [6, 6.07) is 12.5. The highest BCUT2D eigenvalue weighted by molar-refractivity contribution is 5.74. The molecular weight excluding hydrogens is 381 g/mol. The van der Waals surface area contributed by atoms with E-state index in [4.69, 9.17) is 0 Å². The maximum atomic E-state index is 12.7. The number of halogens is 3. The summed E-state index contributed by atoms with van der Waals surface area (Å²) < 4.78 is 38.0. The Morgan fingerprint density at radius 1 is 1.10 bits per heavy atom. The average molecular weight is 406 g/mol. The first kappa shape index (κ1) is 21.0. The number of carbonyl (C=O) groups excluding carboxylic acids is 1. The minimum atomic E-state index is -4.39. The molecule has 2 heterocycles. The molecule has 1 aromatic carbocycles. The molecule has 0 bridgehead atoms. The maximum absolute atomic E-state index is 12.7. The van der Waals surface area contributed by atoms with Gasteiger partial charge in [0.05, 0.1) is 5.56 Å². The van der Waals surface area contributed by atoms with E-state index in [1.807, 2.05) is 30.0 Å². The number of hydrogen-bond acceptors (Lipinski definition) is 3. The van der Waals surface area contributed by atoms with Gasteiger partial charge in [-0.3, -0.25) is 0 Å². The monoisotopic (exact) mass is 406 g/mol. The summed E-state index contributed by atoms with van der Waals surface area (Å²) in [5.74, 6) is 0.495. The molecule has 1 unspecified atom stereocenters. The zero-order valence-electron chi connectivity index (χ0n) is 16.3. The quantitative estimate of drug-likeness (QED) is 0.818. The van der Waals surface area contributed by atoms with Crippen LogP contribution in [-0.2, 0) is 12.6 Å². The van der Waals surface area contributed by atoms with Gasteiger partial charge in [0.2, 0.25) is 0 Å².